The van der Waals surface area contributed by atoms with E-state index in [4.69, 9.17) is 115 Å². The first kappa shape index (κ1) is 43.0. The molecular formula is C96H147N5O15. The van der Waals surface area contributed by atoms with Crippen molar-refractivity contribution in [3.63, 3.8) is 0 Å². The number of hydrogen-bond donors (Lipinski definition) is 5. The third kappa shape index (κ3) is 21.3. The quantitative estimate of drug-likeness (QED) is 0.0520. The molecule has 0 spiro atoms. The van der Waals surface area contributed by atoms with Crippen molar-refractivity contribution in [2.24, 2.45) is 58.6 Å². The van der Waals surface area contributed by atoms with Crippen molar-refractivity contribution >= 4 is 0 Å². The summed E-state index contributed by atoms with van der Waals surface area (Å²) in [6.07, 6.45) is -39.9. The van der Waals surface area contributed by atoms with E-state index in [-0.39, 0.29) is 147 Å². The number of aliphatic hydroxyl groups is 5. The molecule has 5 fully saturated rings. The van der Waals surface area contributed by atoms with E-state index in [9.17, 15) is 32.4 Å². The van der Waals surface area contributed by atoms with Gasteiger partial charge >= 0.3 is 0 Å². The molecule has 15 unspecified atom stereocenters. The second-order valence-corrected chi connectivity index (χ2v) is 30.9. The summed E-state index contributed by atoms with van der Waals surface area (Å²) in [6.45, 7) is -9.76. The fourth-order valence-electron chi connectivity index (χ4n) is 15.0. The van der Waals surface area contributed by atoms with E-state index in [0.29, 0.717) is 32.9 Å². The zero-order chi connectivity index (χ0) is 131. The van der Waals surface area contributed by atoms with Gasteiger partial charge in [-0.05, 0) is 271 Å². The molecule has 5 aromatic rings. The highest BCUT2D eigenvalue weighted by atomic mass is 16.5. The molecule has 5 N–H and O–H groups in total. The van der Waals surface area contributed by atoms with Gasteiger partial charge in [-0.2, -0.15) is 0 Å². The number of benzene rings is 5. The third-order valence-corrected chi connectivity index (χ3v) is 20.3. The molecular weight excluding hydrogens is 1460 g/mol. The smallest absolute Gasteiger partial charge is 0.161 e. The van der Waals surface area contributed by atoms with Crippen LogP contribution in [-0.2, 0) is 31.9 Å². The summed E-state index contributed by atoms with van der Waals surface area (Å²) in [4.78, 5) is 3.59. The molecule has 0 radical (unpaired) electrons. The summed E-state index contributed by atoms with van der Waals surface area (Å²) in [5.41, 5.74) is -6.13. The number of aliphatic hydroxyl groups excluding tert-OH is 2. The van der Waals surface area contributed by atoms with Crippen LogP contribution in [0.1, 0.15) is 300 Å². The number of rotatable bonds is 19. The van der Waals surface area contributed by atoms with Crippen molar-refractivity contribution < 1.29 is 147 Å². The lowest BCUT2D eigenvalue weighted by Crippen LogP contribution is -2.48. The number of aryl methyl sites for hydroxylation is 5. The Balaban J connectivity index is 0.000000199. The lowest BCUT2D eigenvalue weighted by molar-refractivity contribution is -0.0259. The lowest BCUT2D eigenvalue weighted by atomic mass is 9.75. The number of methoxy groups -OCH3 is 10. The molecule has 0 amide bonds. The van der Waals surface area contributed by atoms with Gasteiger partial charge in [0.2, 0.25) is 0 Å². The van der Waals surface area contributed by atoms with Crippen molar-refractivity contribution in [1.82, 2.24) is 24.5 Å². The summed E-state index contributed by atoms with van der Waals surface area (Å²) in [7, 11) is 0.0193. The van der Waals surface area contributed by atoms with Gasteiger partial charge in [0.05, 0.1) is 125 Å². The Morgan fingerprint density at radius 2 is 0.603 bits per heavy atom. The van der Waals surface area contributed by atoms with Crippen molar-refractivity contribution in [1.29, 1.82) is 0 Å². The molecule has 10 aliphatic heterocycles. The summed E-state index contributed by atoms with van der Waals surface area (Å²) in [5, 5.41) is 55.3. The van der Waals surface area contributed by atoms with E-state index in [0.717, 1.165) is 55.5 Å². The average Bonchev–Trinajstić information content (AvgIpc) is 0.658. The molecule has 5 aromatic carbocycles. The number of ether oxygens (including phenoxy) is 10. The first-order valence-electron chi connectivity index (χ1n) is 65.1. The van der Waals surface area contributed by atoms with Crippen LogP contribution >= 0.6 is 0 Å². The molecule has 0 aliphatic carbocycles. The number of piperidine rings is 5. The standard InChI is InChI=1S/C20H31NO3.4C19H29NO3/c1-20(2,3)11-14-12-21-7-6-13-8-18(23-4)19(24-5)9-15(13)16(21)10-17(14)22;4*1-12(2)7-14-11-20-6-5-13-8-18(22-3)19(23-4)9-15(13)16(20)10-17(14)21/h8-9,14,16-17,22H,6-7,10-12H2,1-5H3;4*8-9,12,14,16-17,21H,5-7,10-11H2,1-4H3/i1D3,2D3,5D3,6D2,7D2,11D2,16D;4D3,5D2,6D2,10D2,14D,16D,17D;2*5D2,6D2,10D2,14D,16D,17D;4D3,5D2,6D2,16D. The maximum absolute atomic E-state index is 11.2. The molecule has 116 heavy (non-hydrogen) atoms. The minimum Gasteiger partial charge on any atom is -0.493 e. The second-order valence-electron chi connectivity index (χ2n) is 30.9. The fraction of sp³-hybridized carbons (Fsp3) is 0.688. The van der Waals surface area contributed by atoms with Gasteiger partial charge in [-0.1, -0.05) is 76.0 Å². The molecule has 0 saturated carbocycles. The van der Waals surface area contributed by atoms with E-state index in [1.54, 1.807) is 41.5 Å². The summed E-state index contributed by atoms with van der Waals surface area (Å²) in [6, 6.07) is -1.63. The predicted octanol–water partition coefficient (Wildman–Crippen LogP) is 15.5. The fourth-order valence-corrected chi connectivity index (χ4v) is 15.0. The van der Waals surface area contributed by atoms with Crippen molar-refractivity contribution in [2.75, 3.05) is 136 Å². The van der Waals surface area contributed by atoms with Crippen molar-refractivity contribution in [2.45, 2.75) is 232 Å². The predicted molar refractivity (Wildman–Crippen MR) is 460 cm³/mol. The molecule has 10 heterocycles. The van der Waals surface area contributed by atoms with Crippen LogP contribution in [0.25, 0.3) is 0 Å². The molecule has 646 valence electrons. The minimum atomic E-state index is -3.41. The topological polar surface area (TPSA) is 210 Å². The maximum atomic E-state index is 11.2. The minimum absolute atomic E-state index is 0.00368. The first-order valence-corrected chi connectivity index (χ1v) is 38.1. The SMILES string of the molecule is [2H]C([2H])([2H])Oc1cc2c(cc1OC)C([2H])([2H])C([2H])([2H])N1CC(C([2H])([2H])C(C)(C([2H])([2H])[2H])C([2H])([2H])[2H])C(O)CC21[2H].[2H]C([2H])([2H])Oc1cc2c(cc1OC)C([2H])([2H])C([2H])([2H])N1CC(CC(C)C)C(O)CC21[2H].[2H]C([2H])([2H])Oc1cc2c(cc1OC)C([2H])([2H])C([2H])([2H])N1CC([2H])(CC(C)C)C([2H])(O)C([2H])([2H])C21[2H].[2H]C1(CC(C)C)CN2C([2H])([2H])C([2H])([2H])c3cc(OC)c(OC)cc3C2([2H])C([2H])([2H])C1([2H])O.[2H]C1(CC(C)C)CN2C([2H])([2H])C([2H])([2H])c3cc(OC)c(OC)cc3C2([2H])C([2H])([2H])C1([2H])O. The van der Waals surface area contributed by atoms with Crippen LogP contribution in [0, 0.1) is 58.6 Å². The molecule has 5 saturated heterocycles. The Morgan fingerprint density at radius 3 is 0.862 bits per heavy atom. The van der Waals surface area contributed by atoms with Gasteiger partial charge in [0.25, 0.3) is 0 Å². The summed E-state index contributed by atoms with van der Waals surface area (Å²) >= 11 is 0. The summed E-state index contributed by atoms with van der Waals surface area (Å²) < 4.78 is 506. The second kappa shape index (κ2) is 40.4. The van der Waals surface area contributed by atoms with Gasteiger partial charge in [0.15, 0.2) is 57.5 Å². The van der Waals surface area contributed by atoms with E-state index in [1.807, 2.05) is 13.8 Å². The van der Waals surface area contributed by atoms with Crippen LogP contribution in [0.2, 0.25) is 0 Å². The molecule has 0 bridgehead atoms. The van der Waals surface area contributed by atoms with Gasteiger partial charge in [-0.15, -0.1) is 0 Å². The van der Waals surface area contributed by atoms with Crippen LogP contribution in [-0.4, -0.2) is 217 Å². The number of fused-ring (bicyclic) bond motifs is 15. The zero-order valence-corrected chi connectivity index (χ0v) is 68.2. The van der Waals surface area contributed by atoms with Crippen LogP contribution < -0.4 is 47.4 Å². The molecule has 15 atom stereocenters. The van der Waals surface area contributed by atoms with Gasteiger partial charge in [0, 0.05) is 146 Å². The van der Waals surface area contributed by atoms with Gasteiger partial charge in [-0.3, -0.25) is 24.5 Å². The monoisotopic (exact) mass is 1660 g/mol. The highest BCUT2D eigenvalue weighted by Crippen LogP contribution is 2.51. The Kier molecular flexibility index (Phi) is 15.0. The molecule has 10 aliphatic rings. The highest BCUT2D eigenvalue weighted by molar-refractivity contribution is 5.54. The van der Waals surface area contributed by atoms with E-state index in [1.165, 1.54) is 59.8 Å². The van der Waals surface area contributed by atoms with Gasteiger partial charge < -0.3 is 72.9 Å². The molecule has 20 nitrogen and oxygen atoms in total. The lowest BCUT2D eigenvalue weighted by Gasteiger charge is -2.47. The van der Waals surface area contributed by atoms with E-state index < -0.39 is 275 Å². The highest BCUT2D eigenvalue weighted by Gasteiger charge is 2.45. The normalized spacial score (nSPS) is 47.6. The van der Waals surface area contributed by atoms with Crippen LogP contribution in [0.4, 0.5) is 0 Å². The Bertz CT molecular complexity index is 6470. The Hall–Kier alpha value is -6.30. The third-order valence-electron chi connectivity index (χ3n) is 20.3. The van der Waals surface area contributed by atoms with Crippen molar-refractivity contribution in [3.8, 4) is 57.5 Å². The van der Waals surface area contributed by atoms with Crippen LogP contribution in [0.5, 0.6) is 57.5 Å². The van der Waals surface area contributed by atoms with E-state index >= 15 is 0 Å². The van der Waals surface area contributed by atoms with E-state index in [2.05, 4.69) is 0 Å². The van der Waals surface area contributed by atoms with Gasteiger partial charge in [-0.25, -0.2) is 0 Å². The first-order chi connectivity index (χ1) is 75.9. The van der Waals surface area contributed by atoms with Gasteiger partial charge in [0.1, 0.15) is 0 Å². The molecule has 15 rings (SSSR count). The molecule has 0 aromatic heterocycles. The van der Waals surface area contributed by atoms with Crippen LogP contribution in [0.15, 0.2) is 60.7 Å². The Morgan fingerprint density at radius 1 is 0.362 bits per heavy atom. The summed E-state index contributed by atoms with van der Waals surface area (Å²) in [5.74, 6) is -11.0. The largest absolute Gasteiger partial charge is 0.493 e. The van der Waals surface area contributed by atoms with Crippen LogP contribution in [0.3, 0.4) is 0 Å². The van der Waals surface area contributed by atoms with Crippen molar-refractivity contribution in [3.05, 3.63) is 116 Å². The molecule has 20 heteroatoms. The number of nitrogens with zero attached hydrogens (tertiary/aromatic N) is 5. The Labute approximate surface area is 771 Å². The number of hydrogen-bond acceptors (Lipinski definition) is 20. The maximum Gasteiger partial charge on any atom is 0.161 e. The zero-order valence-electron chi connectivity index (χ0n) is 122. The average molecular weight is 1670 g/mol.